The number of imidazole rings is 1. The van der Waals surface area contributed by atoms with Crippen molar-refractivity contribution in [3.8, 4) is 16.9 Å². The lowest BCUT2D eigenvalue weighted by Crippen LogP contribution is -2.43. The first kappa shape index (κ1) is 21.2. The molecule has 3 aromatic heterocycles. The number of pyridine rings is 1. The lowest BCUT2D eigenvalue weighted by Gasteiger charge is -2.37. The molecule has 34 heavy (non-hydrogen) atoms. The fraction of sp³-hybridized carbons (Fsp3) is 0.423. The van der Waals surface area contributed by atoms with Crippen molar-refractivity contribution in [2.45, 2.75) is 38.8 Å². The molecular formula is C26H30N6O2. The van der Waals surface area contributed by atoms with E-state index in [1.54, 1.807) is 0 Å². The molecule has 0 bridgehead atoms. The zero-order valence-corrected chi connectivity index (χ0v) is 20.2. The van der Waals surface area contributed by atoms with Crippen LogP contribution in [0.25, 0.3) is 22.2 Å². The van der Waals surface area contributed by atoms with E-state index >= 15 is 0 Å². The molecule has 0 amide bonds. The number of aromatic nitrogens is 4. The summed E-state index contributed by atoms with van der Waals surface area (Å²) < 4.78 is 14.3. The Morgan fingerprint density at radius 3 is 2.56 bits per heavy atom. The molecule has 0 radical (unpaired) electrons. The molecule has 2 aliphatic rings. The van der Waals surface area contributed by atoms with E-state index in [4.69, 9.17) is 14.2 Å². The highest BCUT2D eigenvalue weighted by Crippen LogP contribution is 2.46. The average molecular weight is 459 g/mol. The maximum Gasteiger partial charge on any atom is 0.207 e. The Morgan fingerprint density at radius 2 is 1.88 bits per heavy atom. The molecule has 176 valence electrons. The molecule has 1 saturated heterocycles. The fourth-order valence-electron chi connectivity index (χ4n) is 5.48. The summed E-state index contributed by atoms with van der Waals surface area (Å²) in [5.74, 6) is 2.64. The summed E-state index contributed by atoms with van der Waals surface area (Å²) in [5, 5.41) is 4.18. The van der Waals surface area contributed by atoms with Crippen LogP contribution in [0.5, 0.6) is 5.75 Å². The second-order valence-corrected chi connectivity index (χ2v) is 9.55. The molecule has 1 aromatic carbocycles. The fourth-order valence-corrected chi connectivity index (χ4v) is 5.48. The number of hydrogen-bond donors (Lipinski definition) is 0. The second kappa shape index (κ2) is 8.13. The molecule has 1 fully saturated rings. The maximum atomic E-state index is 6.48. The van der Waals surface area contributed by atoms with Crippen molar-refractivity contribution < 1.29 is 9.26 Å². The van der Waals surface area contributed by atoms with Gasteiger partial charge in [-0.2, -0.15) is 0 Å². The Bertz CT molecular complexity index is 1320. The first-order chi connectivity index (χ1) is 16.5. The molecule has 4 aromatic rings. The van der Waals surface area contributed by atoms with Gasteiger partial charge in [0.25, 0.3) is 0 Å². The summed E-state index contributed by atoms with van der Waals surface area (Å²) in [5.41, 5.74) is 5.80. The van der Waals surface area contributed by atoms with Gasteiger partial charge < -0.3 is 19.1 Å². The SMILES string of the molecule is Cc1noc(C)c1-c1ccc2nc(N3CCC(N(C)C)CC3)n3c2c1OCC3c1ccccn1. The quantitative estimate of drug-likeness (QED) is 0.453. The average Bonchev–Trinajstić information content (AvgIpc) is 3.41. The maximum absolute atomic E-state index is 6.48. The van der Waals surface area contributed by atoms with Crippen molar-refractivity contribution in [3.05, 3.63) is 53.7 Å². The third-order valence-corrected chi connectivity index (χ3v) is 7.29. The smallest absolute Gasteiger partial charge is 0.207 e. The zero-order valence-electron chi connectivity index (χ0n) is 20.2. The third kappa shape index (κ3) is 3.27. The van der Waals surface area contributed by atoms with Gasteiger partial charge in [0, 0.05) is 30.9 Å². The molecule has 1 unspecified atom stereocenters. The van der Waals surface area contributed by atoms with E-state index in [-0.39, 0.29) is 6.04 Å². The minimum absolute atomic E-state index is 0.0415. The van der Waals surface area contributed by atoms with Crippen molar-refractivity contribution in [1.29, 1.82) is 0 Å². The third-order valence-electron chi connectivity index (χ3n) is 7.29. The molecule has 0 N–H and O–H groups in total. The lowest BCUT2D eigenvalue weighted by molar-refractivity contribution is 0.243. The van der Waals surface area contributed by atoms with Crippen LogP contribution >= 0.6 is 0 Å². The molecule has 8 heteroatoms. The summed E-state index contributed by atoms with van der Waals surface area (Å²) in [7, 11) is 4.34. The van der Waals surface area contributed by atoms with Crippen molar-refractivity contribution in [1.82, 2.24) is 24.6 Å². The van der Waals surface area contributed by atoms with Crippen LogP contribution in [0.2, 0.25) is 0 Å². The highest BCUT2D eigenvalue weighted by Gasteiger charge is 2.34. The van der Waals surface area contributed by atoms with E-state index < -0.39 is 0 Å². The van der Waals surface area contributed by atoms with Crippen LogP contribution in [-0.2, 0) is 0 Å². The molecular weight excluding hydrogens is 428 g/mol. The van der Waals surface area contributed by atoms with Gasteiger partial charge in [0.05, 0.1) is 22.5 Å². The van der Waals surface area contributed by atoms with Crippen LogP contribution in [-0.4, -0.2) is 64.4 Å². The standard InChI is InChI=1S/C26H30N6O2/c1-16-23(17(2)34-29-16)19-8-9-21-24-25(19)33-15-22(20-7-5-6-12-27-20)32(24)26(28-21)31-13-10-18(11-14-31)30(3)4/h5-9,12,18,22H,10-11,13-15H2,1-4H3. The van der Waals surface area contributed by atoms with Gasteiger partial charge in [0.2, 0.25) is 5.95 Å². The first-order valence-electron chi connectivity index (χ1n) is 12.0. The monoisotopic (exact) mass is 458 g/mol. The lowest BCUT2D eigenvalue weighted by atomic mass is 10.0. The van der Waals surface area contributed by atoms with E-state index in [1.165, 1.54) is 0 Å². The van der Waals surface area contributed by atoms with E-state index in [2.05, 4.69) is 56.8 Å². The minimum Gasteiger partial charge on any atom is -0.488 e. The molecule has 8 nitrogen and oxygen atoms in total. The topological polar surface area (TPSA) is 72.5 Å². The molecule has 1 atom stereocenters. The van der Waals surface area contributed by atoms with Crippen LogP contribution in [0.15, 0.2) is 41.1 Å². The Morgan fingerprint density at radius 1 is 1.06 bits per heavy atom. The van der Waals surface area contributed by atoms with Crippen LogP contribution in [0.3, 0.4) is 0 Å². The highest BCUT2D eigenvalue weighted by atomic mass is 16.5. The molecule has 6 rings (SSSR count). The number of aryl methyl sites for hydroxylation is 2. The summed E-state index contributed by atoms with van der Waals surface area (Å²) >= 11 is 0. The number of hydrogen-bond acceptors (Lipinski definition) is 7. The van der Waals surface area contributed by atoms with Crippen molar-refractivity contribution >= 4 is 17.0 Å². The number of anilines is 1. The normalized spacial score (nSPS) is 18.6. The van der Waals surface area contributed by atoms with Crippen LogP contribution in [0, 0.1) is 13.8 Å². The van der Waals surface area contributed by atoms with Crippen LogP contribution < -0.4 is 9.64 Å². The molecule has 0 spiro atoms. The number of benzene rings is 1. The second-order valence-electron chi connectivity index (χ2n) is 9.55. The van der Waals surface area contributed by atoms with Gasteiger partial charge >= 0.3 is 0 Å². The van der Waals surface area contributed by atoms with Crippen LogP contribution in [0.4, 0.5) is 5.95 Å². The number of ether oxygens (including phenoxy) is 1. The first-order valence-corrected chi connectivity index (χ1v) is 12.0. The molecule has 0 saturated carbocycles. The van der Waals surface area contributed by atoms with Crippen molar-refractivity contribution in [2.75, 3.05) is 38.7 Å². The van der Waals surface area contributed by atoms with Crippen molar-refractivity contribution in [2.24, 2.45) is 0 Å². The minimum atomic E-state index is -0.0415. The number of rotatable bonds is 4. The van der Waals surface area contributed by atoms with Gasteiger partial charge in [-0.1, -0.05) is 11.2 Å². The van der Waals surface area contributed by atoms with Gasteiger partial charge in [0.15, 0.2) is 5.75 Å². The van der Waals surface area contributed by atoms with Gasteiger partial charge in [-0.3, -0.25) is 9.55 Å². The van der Waals surface area contributed by atoms with Crippen LogP contribution in [0.1, 0.15) is 36.0 Å². The Hall–Kier alpha value is -3.39. The van der Waals surface area contributed by atoms with E-state index in [1.807, 2.05) is 32.2 Å². The van der Waals surface area contributed by atoms with Gasteiger partial charge in [0.1, 0.15) is 23.9 Å². The molecule has 5 heterocycles. The summed E-state index contributed by atoms with van der Waals surface area (Å²) in [6, 6.07) is 10.8. The van der Waals surface area contributed by atoms with Gasteiger partial charge in [-0.15, -0.1) is 0 Å². The Kier molecular flexibility index (Phi) is 5.06. The summed E-state index contributed by atoms with van der Waals surface area (Å²) in [4.78, 5) is 14.6. The summed E-state index contributed by atoms with van der Waals surface area (Å²) in [6.45, 7) is 6.38. The van der Waals surface area contributed by atoms with Gasteiger partial charge in [-0.25, -0.2) is 4.98 Å². The predicted molar refractivity (Wildman–Crippen MR) is 131 cm³/mol. The number of nitrogens with zero attached hydrogens (tertiary/aromatic N) is 6. The van der Waals surface area contributed by atoms with E-state index in [0.717, 1.165) is 76.9 Å². The zero-order chi connectivity index (χ0) is 23.4. The number of piperidine rings is 1. The molecule has 0 aliphatic carbocycles. The Balaban J connectivity index is 1.53. The molecule has 2 aliphatic heterocycles. The predicted octanol–water partition coefficient (Wildman–Crippen LogP) is 4.22. The summed E-state index contributed by atoms with van der Waals surface area (Å²) in [6.07, 6.45) is 4.10. The largest absolute Gasteiger partial charge is 0.488 e. The highest BCUT2D eigenvalue weighted by molar-refractivity contribution is 5.94. The van der Waals surface area contributed by atoms with Gasteiger partial charge in [-0.05, 0) is 65.0 Å². The van der Waals surface area contributed by atoms with E-state index in [9.17, 15) is 0 Å². The van der Waals surface area contributed by atoms with E-state index in [0.29, 0.717) is 12.6 Å². The Labute approximate surface area is 199 Å². The van der Waals surface area contributed by atoms with Crippen molar-refractivity contribution in [3.63, 3.8) is 0 Å².